The van der Waals surface area contributed by atoms with Gasteiger partial charge in [-0.15, -0.1) is 0 Å². The summed E-state index contributed by atoms with van der Waals surface area (Å²) < 4.78 is 0. The number of rotatable bonds is 3. The number of carbonyl (C=O) groups is 1. The van der Waals surface area contributed by atoms with Gasteiger partial charge in [0.1, 0.15) is 5.56 Å². The summed E-state index contributed by atoms with van der Waals surface area (Å²) in [6, 6.07) is 4.36. The molecule has 6 nitrogen and oxygen atoms in total. The summed E-state index contributed by atoms with van der Waals surface area (Å²) in [4.78, 5) is 27.0. The predicted molar refractivity (Wildman–Crippen MR) is 80.7 cm³/mol. The van der Waals surface area contributed by atoms with Crippen molar-refractivity contribution in [3.05, 3.63) is 38.9 Å². The highest BCUT2D eigenvalue weighted by Crippen LogP contribution is 2.25. The van der Waals surface area contributed by atoms with Crippen molar-refractivity contribution in [1.82, 2.24) is 9.80 Å². The Bertz CT molecular complexity index is 564. The molecular weight excluding hydrogens is 294 g/mol. The number of piperazine rings is 1. The van der Waals surface area contributed by atoms with Crippen LogP contribution in [0.15, 0.2) is 18.2 Å². The monoisotopic (exact) mass is 311 g/mol. The summed E-state index contributed by atoms with van der Waals surface area (Å²) in [5, 5.41) is 11.4. The van der Waals surface area contributed by atoms with E-state index in [1.807, 2.05) is 7.05 Å². The Morgan fingerprint density at radius 3 is 2.81 bits per heavy atom. The van der Waals surface area contributed by atoms with E-state index in [1.54, 1.807) is 4.90 Å². The molecule has 1 aliphatic rings. The fourth-order valence-electron chi connectivity index (χ4n) is 2.58. The summed E-state index contributed by atoms with van der Waals surface area (Å²) in [6.45, 7) is 3.97. The van der Waals surface area contributed by atoms with Gasteiger partial charge in [-0.2, -0.15) is 0 Å². The van der Waals surface area contributed by atoms with E-state index in [0.29, 0.717) is 18.1 Å². The van der Waals surface area contributed by atoms with Gasteiger partial charge in [-0.3, -0.25) is 19.8 Å². The summed E-state index contributed by atoms with van der Waals surface area (Å²) >= 11 is 5.88. The normalized spacial score (nSPS) is 19.6. The molecule has 1 aliphatic heterocycles. The lowest BCUT2D eigenvalue weighted by atomic mass is 10.1. The summed E-state index contributed by atoms with van der Waals surface area (Å²) in [5.74, 6) is -0.323. The Labute approximate surface area is 128 Å². The SMILES string of the molecule is CCC1CN(C(=O)c2cc(Cl)ccc2[N+](=O)[O-])CCN1C. The fourth-order valence-corrected chi connectivity index (χ4v) is 2.75. The second-order valence-electron chi connectivity index (χ2n) is 5.21. The molecule has 1 atom stereocenters. The van der Waals surface area contributed by atoms with Gasteiger partial charge in [-0.25, -0.2) is 0 Å². The highest BCUT2D eigenvalue weighted by Gasteiger charge is 2.30. The highest BCUT2D eigenvalue weighted by atomic mass is 35.5. The van der Waals surface area contributed by atoms with Crippen LogP contribution in [-0.4, -0.2) is 53.4 Å². The van der Waals surface area contributed by atoms with Crippen LogP contribution in [0.5, 0.6) is 0 Å². The third kappa shape index (κ3) is 3.33. The van der Waals surface area contributed by atoms with E-state index < -0.39 is 4.92 Å². The van der Waals surface area contributed by atoms with Gasteiger partial charge in [0.25, 0.3) is 11.6 Å². The number of nitro benzene ring substituents is 1. The van der Waals surface area contributed by atoms with Crippen LogP contribution in [0, 0.1) is 10.1 Å². The molecule has 0 aliphatic carbocycles. The van der Waals surface area contributed by atoms with E-state index in [2.05, 4.69) is 11.8 Å². The largest absolute Gasteiger partial charge is 0.336 e. The maximum atomic E-state index is 12.6. The van der Waals surface area contributed by atoms with Gasteiger partial charge in [-0.05, 0) is 25.6 Å². The first-order valence-corrected chi connectivity index (χ1v) is 7.25. The van der Waals surface area contributed by atoms with E-state index in [4.69, 9.17) is 11.6 Å². The lowest BCUT2D eigenvalue weighted by molar-refractivity contribution is -0.385. The minimum Gasteiger partial charge on any atom is -0.336 e. The maximum absolute atomic E-state index is 12.6. The average molecular weight is 312 g/mol. The number of halogens is 1. The van der Waals surface area contributed by atoms with Crippen LogP contribution in [0.1, 0.15) is 23.7 Å². The number of nitro groups is 1. The van der Waals surface area contributed by atoms with Crippen LogP contribution in [-0.2, 0) is 0 Å². The predicted octanol–water partition coefficient (Wildman–Crippen LogP) is 2.41. The van der Waals surface area contributed by atoms with Gasteiger partial charge >= 0.3 is 0 Å². The van der Waals surface area contributed by atoms with Gasteiger partial charge in [-0.1, -0.05) is 18.5 Å². The van der Waals surface area contributed by atoms with Gasteiger partial charge in [0.05, 0.1) is 4.92 Å². The molecule has 114 valence electrons. The van der Waals surface area contributed by atoms with Crippen LogP contribution in [0.3, 0.4) is 0 Å². The molecule has 0 spiro atoms. The number of hydrogen-bond donors (Lipinski definition) is 0. The van der Waals surface area contributed by atoms with E-state index in [1.165, 1.54) is 18.2 Å². The van der Waals surface area contributed by atoms with Gasteiger partial charge < -0.3 is 4.90 Å². The van der Waals surface area contributed by atoms with Crippen molar-refractivity contribution in [2.75, 3.05) is 26.7 Å². The van der Waals surface area contributed by atoms with Gasteiger partial charge in [0.2, 0.25) is 0 Å². The fraction of sp³-hybridized carbons (Fsp3) is 0.500. The standard InChI is InChI=1S/C14H18ClN3O3/c1-3-11-9-17(7-6-16(11)2)14(19)12-8-10(15)4-5-13(12)18(20)21/h4-5,8,11H,3,6-7,9H2,1-2H3. The molecule has 7 heteroatoms. The number of amides is 1. The molecule has 1 heterocycles. The topological polar surface area (TPSA) is 66.7 Å². The summed E-state index contributed by atoms with van der Waals surface area (Å²) in [5.41, 5.74) is -0.136. The summed E-state index contributed by atoms with van der Waals surface area (Å²) in [6.07, 6.45) is 0.928. The maximum Gasteiger partial charge on any atom is 0.282 e. The number of carbonyl (C=O) groups excluding carboxylic acids is 1. The molecule has 0 bridgehead atoms. The minimum absolute atomic E-state index is 0.0620. The Morgan fingerprint density at radius 2 is 2.19 bits per heavy atom. The molecule has 1 aromatic rings. The van der Waals surface area contributed by atoms with Crippen molar-refractivity contribution < 1.29 is 9.72 Å². The minimum atomic E-state index is -0.545. The molecule has 21 heavy (non-hydrogen) atoms. The molecule has 2 rings (SSSR count). The number of hydrogen-bond acceptors (Lipinski definition) is 4. The second-order valence-corrected chi connectivity index (χ2v) is 5.65. The quantitative estimate of drug-likeness (QED) is 0.635. The lowest BCUT2D eigenvalue weighted by Gasteiger charge is -2.39. The highest BCUT2D eigenvalue weighted by molar-refractivity contribution is 6.31. The van der Waals surface area contributed by atoms with Crippen LogP contribution in [0.4, 0.5) is 5.69 Å². The molecule has 1 aromatic carbocycles. The van der Waals surface area contributed by atoms with Crippen molar-refractivity contribution in [3.8, 4) is 0 Å². The van der Waals surface area contributed by atoms with Crippen LogP contribution in [0.25, 0.3) is 0 Å². The van der Waals surface area contributed by atoms with E-state index >= 15 is 0 Å². The van der Waals surface area contributed by atoms with Crippen molar-refractivity contribution >= 4 is 23.2 Å². The van der Waals surface area contributed by atoms with Crippen molar-refractivity contribution in [3.63, 3.8) is 0 Å². The second kappa shape index (κ2) is 6.41. The third-order valence-corrected chi connectivity index (χ3v) is 4.16. The molecule has 1 fully saturated rings. The zero-order valence-electron chi connectivity index (χ0n) is 12.1. The van der Waals surface area contributed by atoms with Crippen molar-refractivity contribution in [2.24, 2.45) is 0 Å². The van der Waals surface area contributed by atoms with Gasteiger partial charge in [0.15, 0.2) is 0 Å². The molecule has 1 amide bonds. The molecular formula is C14H18ClN3O3. The summed E-state index contributed by atoms with van der Waals surface area (Å²) in [7, 11) is 2.03. The van der Waals surface area contributed by atoms with E-state index in [0.717, 1.165) is 13.0 Å². The van der Waals surface area contributed by atoms with Crippen LogP contribution >= 0.6 is 11.6 Å². The molecule has 0 N–H and O–H groups in total. The van der Waals surface area contributed by atoms with E-state index in [9.17, 15) is 14.9 Å². The van der Waals surface area contributed by atoms with Crippen LogP contribution < -0.4 is 0 Å². The number of nitrogens with zero attached hydrogens (tertiary/aromatic N) is 3. The molecule has 0 radical (unpaired) electrons. The molecule has 0 aromatic heterocycles. The molecule has 1 unspecified atom stereocenters. The molecule has 0 saturated carbocycles. The zero-order valence-corrected chi connectivity index (χ0v) is 12.8. The van der Waals surface area contributed by atoms with E-state index in [-0.39, 0.29) is 23.2 Å². The van der Waals surface area contributed by atoms with Crippen molar-refractivity contribution in [2.45, 2.75) is 19.4 Å². The Balaban J connectivity index is 2.28. The Hall–Kier alpha value is -1.66. The smallest absolute Gasteiger partial charge is 0.282 e. The molecule has 1 saturated heterocycles. The first-order valence-electron chi connectivity index (χ1n) is 6.87. The van der Waals surface area contributed by atoms with Crippen LogP contribution in [0.2, 0.25) is 5.02 Å². The Kier molecular flexibility index (Phi) is 4.80. The number of likely N-dealkylation sites (N-methyl/N-ethyl adjacent to an activating group) is 1. The van der Waals surface area contributed by atoms with Gasteiger partial charge in [0, 0.05) is 36.8 Å². The first kappa shape index (κ1) is 15.7. The first-order chi connectivity index (χ1) is 9.93. The number of benzene rings is 1. The Morgan fingerprint density at radius 1 is 1.48 bits per heavy atom. The third-order valence-electron chi connectivity index (χ3n) is 3.92. The lowest BCUT2D eigenvalue weighted by Crippen LogP contribution is -2.53. The zero-order chi connectivity index (χ0) is 15.6. The van der Waals surface area contributed by atoms with Crippen molar-refractivity contribution in [1.29, 1.82) is 0 Å². The average Bonchev–Trinajstić information content (AvgIpc) is 2.46.